The fourth-order valence-corrected chi connectivity index (χ4v) is 3.37. The van der Waals surface area contributed by atoms with E-state index in [0.29, 0.717) is 16.6 Å². The van der Waals surface area contributed by atoms with Gasteiger partial charge in [-0.05, 0) is 42.8 Å². The number of benzene rings is 2. The minimum atomic E-state index is -0.251. The predicted octanol–water partition coefficient (Wildman–Crippen LogP) is 3.97. The molecule has 0 fully saturated rings. The molecule has 2 aromatic carbocycles. The van der Waals surface area contributed by atoms with Crippen molar-refractivity contribution in [2.75, 3.05) is 5.32 Å². The van der Waals surface area contributed by atoms with E-state index in [2.05, 4.69) is 15.5 Å². The van der Waals surface area contributed by atoms with Crippen LogP contribution in [-0.4, -0.2) is 20.7 Å². The molecule has 7 heteroatoms. The molecule has 1 N–H and O–H groups in total. The van der Waals surface area contributed by atoms with Gasteiger partial charge in [0.1, 0.15) is 11.6 Å². The lowest BCUT2D eigenvalue weighted by molar-refractivity contribution is -0.114. The summed E-state index contributed by atoms with van der Waals surface area (Å²) in [5, 5.41) is 11.8. The average Bonchev–Trinajstić information content (AvgIpc) is 2.93. The molecule has 0 saturated heterocycles. The van der Waals surface area contributed by atoms with Crippen LogP contribution < -0.4 is 5.32 Å². The van der Waals surface area contributed by atoms with Crippen LogP contribution in [0.5, 0.6) is 0 Å². The molecular weight excluding hydrogens is 339 g/mol. The lowest BCUT2D eigenvalue weighted by Gasteiger charge is -2.10. The highest BCUT2D eigenvalue weighted by Gasteiger charge is 2.12. The van der Waals surface area contributed by atoms with E-state index in [0.717, 1.165) is 17.1 Å². The van der Waals surface area contributed by atoms with E-state index in [4.69, 9.17) is 0 Å². The highest BCUT2D eigenvalue weighted by atomic mass is 32.2. The van der Waals surface area contributed by atoms with Crippen molar-refractivity contribution < 1.29 is 9.18 Å². The molecule has 1 aromatic heterocycles. The minimum absolute atomic E-state index is 0.127. The third kappa shape index (κ3) is 4.24. The lowest BCUT2D eigenvalue weighted by Crippen LogP contribution is -2.07. The van der Waals surface area contributed by atoms with E-state index < -0.39 is 0 Å². The van der Waals surface area contributed by atoms with Crippen LogP contribution in [0.15, 0.2) is 53.7 Å². The van der Waals surface area contributed by atoms with Gasteiger partial charge in [0.05, 0.1) is 5.69 Å². The van der Waals surface area contributed by atoms with Crippen molar-refractivity contribution in [3.05, 3.63) is 65.7 Å². The van der Waals surface area contributed by atoms with Gasteiger partial charge >= 0.3 is 0 Å². The number of nitrogens with one attached hydrogen (secondary N) is 1. The molecule has 0 aliphatic carbocycles. The Morgan fingerprint density at radius 1 is 1.20 bits per heavy atom. The second-order valence-electron chi connectivity index (χ2n) is 5.52. The van der Waals surface area contributed by atoms with Gasteiger partial charge in [-0.2, -0.15) is 0 Å². The summed E-state index contributed by atoms with van der Waals surface area (Å²) in [6, 6.07) is 14.0. The largest absolute Gasteiger partial charge is 0.326 e. The summed E-state index contributed by atoms with van der Waals surface area (Å²) in [6.07, 6.45) is 0. The molecule has 0 saturated carbocycles. The standard InChI is InChI=1S/C18H17FN4OS/c1-12-21-22-18(25-11-14-5-3-6-15(19)9-14)23(12)17-8-4-7-16(10-17)20-13(2)24/h3-10H,11H2,1-2H3,(H,20,24). The van der Waals surface area contributed by atoms with Crippen molar-refractivity contribution in [3.63, 3.8) is 0 Å². The van der Waals surface area contributed by atoms with Crippen LogP contribution in [0.1, 0.15) is 18.3 Å². The Morgan fingerprint density at radius 3 is 2.76 bits per heavy atom. The van der Waals surface area contributed by atoms with Crippen LogP contribution in [0.3, 0.4) is 0 Å². The molecule has 1 heterocycles. The highest BCUT2D eigenvalue weighted by Crippen LogP contribution is 2.26. The Bertz CT molecular complexity index is 910. The fraction of sp³-hybridized carbons (Fsp3) is 0.167. The summed E-state index contributed by atoms with van der Waals surface area (Å²) in [5.74, 6) is 0.945. The number of aromatic nitrogens is 3. The van der Waals surface area contributed by atoms with Crippen LogP contribution in [0.25, 0.3) is 5.69 Å². The normalized spacial score (nSPS) is 10.7. The smallest absolute Gasteiger partial charge is 0.221 e. The Kier molecular flexibility index (Phi) is 5.14. The van der Waals surface area contributed by atoms with Gasteiger partial charge in [0.2, 0.25) is 5.91 Å². The first-order chi connectivity index (χ1) is 12.0. The summed E-state index contributed by atoms with van der Waals surface area (Å²) < 4.78 is 15.2. The molecule has 0 unspecified atom stereocenters. The summed E-state index contributed by atoms with van der Waals surface area (Å²) in [6.45, 7) is 3.33. The van der Waals surface area contributed by atoms with Crippen molar-refractivity contribution in [2.45, 2.75) is 24.8 Å². The maximum atomic E-state index is 13.3. The van der Waals surface area contributed by atoms with Crippen LogP contribution in [0, 0.1) is 12.7 Å². The maximum absolute atomic E-state index is 13.3. The molecular formula is C18H17FN4OS. The Hall–Kier alpha value is -2.67. The summed E-state index contributed by atoms with van der Waals surface area (Å²) >= 11 is 1.48. The Balaban J connectivity index is 1.85. The van der Waals surface area contributed by atoms with Gasteiger partial charge in [-0.15, -0.1) is 10.2 Å². The molecule has 25 heavy (non-hydrogen) atoms. The average molecular weight is 356 g/mol. The monoisotopic (exact) mass is 356 g/mol. The summed E-state index contributed by atoms with van der Waals surface area (Å²) in [7, 11) is 0. The molecule has 0 atom stereocenters. The second-order valence-corrected chi connectivity index (χ2v) is 6.46. The topological polar surface area (TPSA) is 59.8 Å². The quantitative estimate of drug-likeness (QED) is 0.703. The van der Waals surface area contributed by atoms with E-state index >= 15 is 0 Å². The van der Waals surface area contributed by atoms with Gasteiger partial charge in [0.25, 0.3) is 0 Å². The van der Waals surface area contributed by atoms with Gasteiger partial charge in [-0.3, -0.25) is 9.36 Å². The molecule has 0 spiro atoms. The highest BCUT2D eigenvalue weighted by molar-refractivity contribution is 7.98. The SMILES string of the molecule is CC(=O)Nc1cccc(-n2c(C)nnc2SCc2cccc(F)c2)c1. The van der Waals surface area contributed by atoms with E-state index in [-0.39, 0.29) is 11.7 Å². The van der Waals surface area contributed by atoms with Crippen LogP contribution in [0.2, 0.25) is 0 Å². The summed E-state index contributed by atoms with van der Waals surface area (Å²) in [4.78, 5) is 11.3. The van der Waals surface area contributed by atoms with Crippen LogP contribution >= 0.6 is 11.8 Å². The molecule has 0 radical (unpaired) electrons. The zero-order valence-corrected chi connectivity index (χ0v) is 14.7. The molecule has 0 bridgehead atoms. The third-order valence-electron chi connectivity index (χ3n) is 3.48. The fourth-order valence-electron chi connectivity index (χ4n) is 2.43. The van der Waals surface area contributed by atoms with Gasteiger partial charge in [0, 0.05) is 18.4 Å². The molecule has 0 aliphatic heterocycles. The van der Waals surface area contributed by atoms with Gasteiger partial charge in [0.15, 0.2) is 5.16 Å². The second kappa shape index (κ2) is 7.48. The minimum Gasteiger partial charge on any atom is -0.326 e. The molecule has 3 rings (SSSR count). The Morgan fingerprint density at radius 2 is 2.00 bits per heavy atom. The van der Waals surface area contributed by atoms with E-state index in [1.165, 1.54) is 30.8 Å². The van der Waals surface area contributed by atoms with Crippen molar-refractivity contribution in [1.29, 1.82) is 0 Å². The van der Waals surface area contributed by atoms with Crippen LogP contribution in [-0.2, 0) is 10.5 Å². The number of hydrogen-bond donors (Lipinski definition) is 1. The van der Waals surface area contributed by atoms with Crippen molar-refractivity contribution in [2.24, 2.45) is 0 Å². The first kappa shape index (κ1) is 17.2. The van der Waals surface area contributed by atoms with E-state index in [1.807, 2.05) is 41.8 Å². The van der Waals surface area contributed by atoms with E-state index in [1.54, 1.807) is 6.07 Å². The number of nitrogens with zero attached hydrogens (tertiary/aromatic N) is 3. The van der Waals surface area contributed by atoms with Crippen molar-refractivity contribution >= 4 is 23.4 Å². The zero-order valence-electron chi connectivity index (χ0n) is 13.9. The molecule has 128 valence electrons. The first-order valence-electron chi connectivity index (χ1n) is 7.70. The first-order valence-corrected chi connectivity index (χ1v) is 8.69. The number of carbonyl (C=O) groups excluding carboxylic acids is 1. The number of rotatable bonds is 5. The molecule has 1 amide bonds. The maximum Gasteiger partial charge on any atom is 0.221 e. The zero-order chi connectivity index (χ0) is 17.8. The van der Waals surface area contributed by atoms with Crippen molar-refractivity contribution in [3.8, 4) is 5.69 Å². The van der Waals surface area contributed by atoms with Gasteiger partial charge in [-0.25, -0.2) is 4.39 Å². The number of thioether (sulfide) groups is 1. The number of amides is 1. The van der Waals surface area contributed by atoms with Crippen molar-refractivity contribution in [1.82, 2.24) is 14.8 Å². The molecule has 3 aromatic rings. The number of anilines is 1. The number of halogens is 1. The number of hydrogen-bond acceptors (Lipinski definition) is 4. The molecule has 5 nitrogen and oxygen atoms in total. The summed E-state index contributed by atoms with van der Waals surface area (Å²) in [5.41, 5.74) is 2.44. The lowest BCUT2D eigenvalue weighted by atomic mass is 10.2. The van der Waals surface area contributed by atoms with Gasteiger partial charge in [-0.1, -0.05) is 30.0 Å². The van der Waals surface area contributed by atoms with Gasteiger partial charge < -0.3 is 5.32 Å². The van der Waals surface area contributed by atoms with Crippen LogP contribution in [0.4, 0.5) is 10.1 Å². The predicted molar refractivity (Wildman–Crippen MR) is 96.4 cm³/mol. The Labute approximate surface area is 149 Å². The number of aryl methyl sites for hydroxylation is 1. The van der Waals surface area contributed by atoms with E-state index in [9.17, 15) is 9.18 Å². The third-order valence-corrected chi connectivity index (χ3v) is 4.48. The molecule has 0 aliphatic rings. The number of carbonyl (C=O) groups is 1.